The van der Waals surface area contributed by atoms with Crippen LogP contribution in [0.2, 0.25) is 0 Å². The van der Waals surface area contributed by atoms with E-state index in [0.717, 1.165) is 43.2 Å². The van der Waals surface area contributed by atoms with Crippen molar-refractivity contribution in [3.63, 3.8) is 0 Å². The highest BCUT2D eigenvalue weighted by Crippen LogP contribution is 2.17. The van der Waals surface area contributed by atoms with E-state index in [1.165, 1.54) is 0 Å². The molecule has 0 unspecified atom stereocenters. The zero-order valence-electron chi connectivity index (χ0n) is 12.3. The Morgan fingerprint density at radius 1 is 1.24 bits per heavy atom. The van der Waals surface area contributed by atoms with E-state index in [1.54, 1.807) is 10.9 Å². The summed E-state index contributed by atoms with van der Waals surface area (Å²) in [7, 11) is 0. The molecule has 0 radical (unpaired) electrons. The van der Waals surface area contributed by atoms with Crippen LogP contribution < -0.4 is 0 Å². The van der Waals surface area contributed by atoms with Crippen LogP contribution in [-0.4, -0.2) is 38.9 Å². The zero-order chi connectivity index (χ0) is 14.7. The SMILES string of the molecule is CC1CCN(C(=O)Cc2cnnn2-c2ccccc2)CC1. The predicted octanol–water partition coefficient (Wildman–Crippen LogP) is 2.07. The van der Waals surface area contributed by atoms with Crippen LogP contribution in [0, 0.1) is 5.92 Å². The first kappa shape index (κ1) is 13.8. The summed E-state index contributed by atoms with van der Waals surface area (Å²) in [5.74, 6) is 0.895. The van der Waals surface area contributed by atoms with Gasteiger partial charge in [-0.1, -0.05) is 30.3 Å². The Kier molecular flexibility index (Phi) is 3.99. The molecule has 1 aliphatic rings. The van der Waals surface area contributed by atoms with Crippen molar-refractivity contribution < 1.29 is 4.79 Å². The Labute approximate surface area is 124 Å². The first-order chi connectivity index (χ1) is 10.2. The van der Waals surface area contributed by atoms with Gasteiger partial charge in [0, 0.05) is 13.1 Å². The van der Waals surface area contributed by atoms with E-state index in [9.17, 15) is 4.79 Å². The van der Waals surface area contributed by atoms with Crippen molar-refractivity contribution in [1.29, 1.82) is 0 Å². The lowest BCUT2D eigenvalue weighted by Gasteiger charge is -2.30. The maximum absolute atomic E-state index is 12.4. The molecule has 5 heteroatoms. The molecular weight excluding hydrogens is 264 g/mol. The molecule has 0 bridgehead atoms. The molecule has 2 aromatic rings. The number of nitrogens with zero attached hydrogens (tertiary/aromatic N) is 4. The average molecular weight is 284 g/mol. The third-order valence-electron chi connectivity index (χ3n) is 4.09. The number of para-hydroxylation sites is 1. The van der Waals surface area contributed by atoms with E-state index in [0.29, 0.717) is 6.42 Å². The lowest BCUT2D eigenvalue weighted by Crippen LogP contribution is -2.39. The van der Waals surface area contributed by atoms with Gasteiger partial charge in [-0.15, -0.1) is 5.10 Å². The summed E-state index contributed by atoms with van der Waals surface area (Å²) in [6.07, 6.45) is 4.23. The largest absolute Gasteiger partial charge is 0.342 e. The molecule has 1 aromatic heterocycles. The van der Waals surface area contributed by atoms with Gasteiger partial charge in [-0.05, 0) is 30.9 Å². The Hall–Kier alpha value is -2.17. The minimum atomic E-state index is 0.168. The van der Waals surface area contributed by atoms with E-state index in [2.05, 4.69) is 17.2 Å². The van der Waals surface area contributed by atoms with Crippen LogP contribution >= 0.6 is 0 Å². The molecule has 1 saturated heterocycles. The average Bonchev–Trinajstić information content (AvgIpc) is 2.97. The topological polar surface area (TPSA) is 51.0 Å². The van der Waals surface area contributed by atoms with Gasteiger partial charge in [0.15, 0.2) is 0 Å². The Morgan fingerprint density at radius 3 is 2.67 bits per heavy atom. The maximum Gasteiger partial charge on any atom is 0.228 e. The molecule has 0 saturated carbocycles. The van der Waals surface area contributed by atoms with E-state index >= 15 is 0 Å². The maximum atomic E-state index is 12.4. The van der Waals surface area contributed by atoms with Crippen LogP contribution in [0.25, 0.3) is 5.69 Å². The lowest BCUT2D eigenvalue weighted by atomic mass is 9.99. The highest BCUT2D eigenvalue weighted by molar-refractivity contribution is 5.78. The van der Waals surface area contributed by atoms with Gasteiger partial charge in [-0.3, -0.25) is 4.79 Å². The predicted molar refractivity (Wildman–Crippen MR) is 80.0 cm³/mol. The van der Waals surface area contributed by atoms with Crippen molar-refractivity contribution in [3.05, 3.63) is 42.2 Å². The van der Waals surface area contributed by atoms with Crippen molar-refractivity contribution in [2.24, 2.45) is 5.92 Å². The summed E-state index contributed by atoms with van der Waals surface area (Å²) in [5.41, 5.74) is 1.77. The second-order valence-electron chi connectivity index (χ2n) is 5.71. The smallest absolute Gasteiger partial charge is 0.228 e. The fraction of sp³-hybridized carbons (Fsp3) is 0.438. The highest BCUT2D eigenvalue weighted by atomic mass is 16.2. The molecule has 1 aromatic carbocycles. The first-order valence-corrected chi connectivity index (χ1v) is 7.47. The number of aromatic nitrogens is 3. The molecule has 0 N–H and O–H groups in total. The number of hydrogen-bond acceptors (Lipinski definition) is 3. The van der Waals surface area contributed by atoms with Gasteiger partial charge in [0.25, 0.3) is 0 Å². The molecule has 2 heterocycles. The third kappa shape index (κ3) is 3.12. The second-order valence-corrected chi connectivity index (χ2v) is 5.71. The molecule has 3 rings (SSSR count). The Bertz CT molecular complexity index is 600. The molecule has 1 fully saturated rings. The van der Waals surface area contributed by atoms with Gasteiger partial charge in [0.05, 0.1) is 24.0 Å². The highest BCUT2D eigenvalue weighted by Gasteiger charge is 2.21. The minimum absolute atomic E-state index is 0.168. The van der Waals surface area contributed by atoms with E-state index in [4.69, 9.17) is 0 Å². The van der Waals surface area contributed by atoms with Gasteiger partial charge >= 0.3 is 0 Å². The van der Waals surface area contributed by atoms with Crippen LogP contribution in [0.3, 0.4) is 0 Å². The van der Waals surface area contributed by atoms with E-state index in [-0.39, 0.29) is 5.91 Å². The summed E-state index contributed by atoms with van der Waals surface area (Å²) in [5, 5.41) is 8.04. The number of carbonyl (C=O) groups is 1. The molecule has 5 nitrogen and oxygen atoms in total. The van der Waals surface area contributed by atoms with Crippen LogP contribution in [0.4, 0.5) is 0 Å². The quantitative estimate of drug-likeness (QED) is 0.867. The van der Waals surface area contributed by atoms with Crippen molar-refractivity contribution in [1.82, 2.24) is 19.9 Å². The van der Waals surface area contributed by atoms with Crippen LogP contribution in [-0.2, 0) is 11.2 Å². The van der Waals surface area contributed by atoms with Gasteiger partial charge in [-0.2, -0.15) is 0 Å². The van der Waals surface area contributed by atoms with Crippen molar-refractivity contribution in [3.8, 4) is 5.69 Å². The first-order valence-electron chi connectivity index (χ1n) is 7.47. The van der Waals surface area contributed by atoms with Gasteiger partial charge in [-0.25, -0.2) is 4.68 Å². The monoisotopic (exact) mass is 284 g/mol. The van der Waals surface area contributed by atoms with Crippen LogP contribution in [0.15, 0.2) is 36.5 Å². The summed E-state index contributed by atoms with van der Waals surface area (Å²) < 4.78 is 1.74. The van der Waals surface area contributed by atoms with Crippen molar-refractivity contribution in [2.45, 2.75) is 26.2 Å². The number of likely N-dealkylation sites (tertiary alicyclic amines) is 1. The lowest BCUT2D eigenvalue weighted by molar-refractivity contribution is -0.131. The molecular formula is C16H20N4O. The number of rotatable bonds is 3. The molecule has 110 valence electrons. The fourth-order valence-corrected chi connectivity index (χ4v) is 2.69. The van der Waals surface area contributed by atoms with E-state index < -0.39 is 0 Å². The molecule has 1 aliphatic heterocycles. The number of benzene rings is 1. The number of amides is 1. The molecule has 0 atom stereocenters. The Morgan fingerprint density at radius 2 is 1.95 bits per heavy atom. The standard InChI is InChI=1S/C16H20N4O/c1-13-7-9-19(10-8-13)16(21)11-15-12-17-18-20(15)14-5-3-2-4-6-14/h2-6,12-13H,7-11H2,1H3. The molecule has 0 spiro atoms. The summed E-state index contributed by atoms with van der Waals surface area (Å²) in [4.78, 5) is 14.4. The summed E-state index contributed by atoms with van der Waals surface area (Å²) in [6.45, 7) is 3.98. The molecule has 0 aliphatic carbocycles. The second kappa shape index (κ2) is 6.08. The normalized spacial score (nSPS) is 16.1. The van der Waals surface area contributed by atoms with Gasteiger partial charge in [0.2, 0.25) is 5.91 Å². The van der Waals surface area contributed by atoms with Crippen molar-refractivity contribution in [2.75, 3.05) is 13.1 Å². The minimum Gasteiger partial charge on any atom is -0.342 e. The molecule has 21 heavy (non-hydrogen) atoms. The zero-order valence-corrected chi connectivity index (χ0v) is 12.3. The summed E-state index contributed by atoms with van der Waals surface area (Å²) >= 11 is 0. The fourth-order valence-electron chi connectivity index (χ4n) is 2.69. The van der Waals surface area contributed by atoms with Gasteiger partial charge in [0.1, 0.15) is 0 Å². The van der Waals surface area contributed by atoms with Gasteiger partial charge < -0.3 is 4.90 Å². The third-order valence-corrected chi connectivity index (χ3v) is 4.09. The number of carbonyl (C=O) groups excluding carboxylic acids is 1. The van der Waals surface area contributed by atoms with Crippen LogP contribution in [0.1, 0.15) is 25.5 Å². The number of hydrogen-bond donors (Lipinski definition) is 0. The summed E-state index contributed by atoms with van der Waals surface area (Å²) in [6, 6.07) is 9.79. The van der Waals surface area contributed by atoms with Crippen LogP contribution in [0.5, 0.6) is 0 Å². The Balaban J connectivity index is 1.71. The van der Waals surface area contributed by atoms with E-state index in [1.807, 2.05) is 35.2 Å². The van der Waals surface area contributed by atoms with Crippen molar-refractivity contribution >= 4 is 5.91 Å². The number of piperidine rings is 1. The molecule has 1 amide bonds.